The Kier molecular flexibility index (Phi) is 6.64. The lowest BCUT2D eigenvalue weighted by Gasteiger charge is -2.11. The van der Waals surface area contributed by atoms with Gasteiger partial charge in [0.05, 0.1) is 39.6 Å². The molecule has 1 aliphatic rings. The molecule has 8 nitrogen and oxygen atoms in total. The second-order valence-electron chi connectivity index (χ2n) is 7.60. The molecular formula is C27H24O8. The summed E-state index contributed by atoms with van der Waals surface area (Å²) < 4.78 is 32.6. The highest BCUT2D eigenvalue weighted by Crippen LogP contribution is 2.40. The Morgan fingerprint density at radius 1 is 0.800 bits per heavy atom. The van der Waals surface area contributed by atoms with E-state index in [2.05, 4.69) is 0 Å². The van der Waals surface area contributed by atoms with E-state index in [-0.39, 0.29) is 22.9 Å². The number of rotatable bonds is 7. The number of methoxy groups -OCH3 is 4. The Morgan fingerprint density at radius 3 is 2.09 bits per heavy atom. The van der Waals surface area contributed by atoms with Crippen LogP contribution in [-0.4, -0.2) is 40.2 Å². The summed E-state index contributed by atoms with van der Waals surface area (Å²) in [6.45, 7) is 1.72. The zero-order valence-corrected chi connectivity index (χ0v) is 20.0. The second kappa shape index (κ2) is 9.80. The maximum absolute atomic E-state index is 13.0. The van der Waals surface area contributed by atoms with Gasteiger partial charge in [-0.25, -0.2) is 4.79 Å². The number of benzene rings is 3. The van der Waals surface area contributed by atoms with Crippen molar-refractivity contribution < 1.29 is 38.0 Å². The van der Waals surface area contributed by atoms with Crippen molar-refractivity contribution in [3.63, 3.8) is 0 Å². The molecule has 0 radical (unpaired) electrons. The van der Waals surface area contributed by atoms with Crippen molar-refractivity contribution >= 4 is 17.8 Å². The molecule has 0 bridgehead atoms. The maximum atomic E-state index is 13.0. The van der Waals surface area contributed by atoms with Crippen LogP contribution in [0.15, 0.2) is 54.3 Å². The smallest absolute Gasteiger partial charge is 0.343 e. The van der Waals surface area contributed by atoms with Gasteiger partial charge in [0.2, 0.25) is 5.78 Å². The zero-order chi connectivity index (χ0) is 25.1. The number of ether oxygens (including phenoxy) is 6. The summed E-state index contributed by atoms with van der Waals surface area (Å²) in [5.41, 5.74) is 1.77. The van der Waals surface area contributed by atoms with E-state index >= 15 is 0 Å². The predicted octanol–water partition coefficient (Wildman–Crippen LogP) is 4.86. The molecule has 0 aromatic heterocycles. The van der Waals surface area contributed by atoms with Crippen LogP contribution in [0, 0.1) is 6.92 Å². The summed E-state index contributed by atoms with van der Waals surface area (Å²) in [7, 11) is 6.09. The van der Waals surface area contributed by atoms with Crippen LogP contribution in [0.3, 0.4) is 0 Å². The van der Waals surface area contributed by atoms with Crippen molar-refractivity contribution in [3.05, 3.63) is 76.5 Å². The fourth-order valence-electron chi connectivity index (χ4n) is 3.66. The number of carbonyl (C=O) groups excluding carboxylic acids is 2. The molecule has 0 aliphatic carbocycles. The first-order valence-electron chi connectivity index (χ1n) is 10.6. The molecule has 0 saturated heterocycles. The van der Waals surface area contributed by atoms with E-state index in [0.29, 0.717) is 45.4 Å². The van der Waals surface area contributed by atoms with E-state index in [1.54, 1.807) is 75.8 Å². The van der Waals surface area contributed by atoms with Gasteiger partial charge >= 0.3 is 5.97 Å². The maximum Gasteiger partial charge on any atom is 0.343 e. The van der Waals surface area contributed by atoms with Gasteiger partial charge in [0, 0.05) is 17.2 Å². The van der Waals surface area contributed by atoms with Crippen LogP contribution in [0.1, 0.15) is 31.8 Å². The van der Waals surface area contributed by atoms with Gasteiger partial charge in [-0.15, -0.1) is 0 Å². The summed E-state index contributed by atoms with van der Waals surface area (Å²) in [5.74, 6) is 1.91. The number of fused-ring (bicyclic) bond motifs is 1. The molecule has 3 aromatic rings. The third-order valence-corrected chi connectivity index (χ3v) is 5.55. The highest BCUT2D eigenvalue weighted by atomic mass is 16.5. The van der Waals surface area contributed by atoms with Crippen molar-refractivity contribution in [2.45, 2.75) is 6.92 Å². The minimum Gasteiger partial charge on any atom is -0.497 e. The van der Waals surface area contributed by atoms with Crippen LogP contribution < -0.4 is 28.4 Å². The van der Waals surface area contributed by atoms with Crippen LogP contribution in [-0.2, 0) is 0 Å². The topological polar surface area (TPSA) is 89.5 Å². The van der Waals surface area contributed by atoms with Gasteiger partial charge in [-0.3, -0.25) is 4.79 Å². The molecule has 0 fully saturated rings. The molecule has 0 unspecified atom stereocenters. The number of Topliss-reactive ketones (excluding diaryl/α,β-unsaturated/α-hetero) is 1. The SMILES string of the molecule is COc1cc(OC)cc(C(=O)Oc2ccc3c(c2C)O/C(=C\c2cc(OC)ccc2OC)C3=O)c1. The van der Waals surface area contributed by atoms with E-state index < -0.39 is 5.97 Å². The Morgan fingerprint density at radius 2 is 1.46 bits per heavy atom. The van der Waals surface area contributed by atoms with Gasteiger partial charge < -0.3 is 28.4 Å². The number of hydrogen-bond donors (Lipinski definition) is 0. The van der Waals surface area contributed by atoms with E-state index in [0.717, 1.165) is 0 Å². The van der Waals surface area contributed by atoms with E-state index in [9.17, 15) is 9.59 Å². The first-order chi connectivity index (χ1) is 16.9. The first-order valence-corrected chi connectivity index (χ1v) is 10.6. The summed E-state index contributed by atoms with van der Waals surface area (Å²) in [5, 5.41) is 0. The molecule has 180 valence electrons. The third kappa shape index (κ3) is 4.63. The number of hydrogen-bond acceptors (Lipinski definition) is 8. The van der Waals surface area contributed by atoms with Crippen molar-refractivity contribution in [2.24, 2.45) is 0 Å². The average molecular weight is 476 g/mol. The van der Waals surface area contributed by atoms with Crippen LogP contribution in [0.25, 0.3) is 6.08 Å². The van der Waals surface area contributed by atoms with Crippen LogP contribution >= 0.6 is 0 Å². The summed E-state index contributed by atoms with van der Waals surface area (Å²) in [6.07, 6.45) is 1.59. The molecule has 0 amide bonds. The molecule has 1 heterocycles. The van der Waals surface area contributed by atoms with Crippen LogP contribution in [0.5, 0.6) is 34.5 Å². The zero-order valence-electron chi connectivity index (χ0n) is 20.0. The van der Waals surface area contributed by atoms with Crippen LogP contribution in [0.4, 0.5) is 0 Å². The number of carbonyl (C=O) groups is 2. The minimum atomic E-state index is -0.605. The van der Waals surface area contributed by atoms with Crippen molar-refractivity contribution in [2.75, 3.05) is 28.4 Å². The van der Waals surface area contributed by atoms with Crippen molar-refractivity contribution in [1.82, 2.24) is 0 Å². The average Bonchev–Trinajstić information content (AvgIpc) is 3.20. The molecule has 0 atom stereocenters. The van der Waals surface area contributed by atoms with E-state index in [1.807, 2.05) is 0 Å². The fraction of sp³-hybridized carbons (Fsp3) is 0.185. The monoisotopic (exact) mass is 476 g/mol. The van der Waals surface area contributed by atoms with E-state index in [1.165, 1.54) is 14.2 Å². The Balaban J connectivity index is 1.63. The lowest BCUT2D eigenvalue weighted by Crippen LogP contribution is -2.10. The fourth-order valence-corrected chi connectivity index (χ4v) is 3.66. The van der Waals surface area contributed by atoms with Gasteiger partial charge in [-0.2, -0.15) is 0 Å². The highest BCUT2D eigenvalue weighted by molar-refractivity contribution is 6.15. The van der Waals surface area contributed by atoms with Gasteiger partial charge in [-0.05, 0) is 55.5 Å². The second-order valence-corrected chi connectivity index (χ2v) is 7.60. The first kappa shape index (κ1) is 23.7. The summed E-state index contributed by atoms with van der Waals surface area (Å²) in [6, 6.07) is 13.1. The Labute approximate surface area is 202 Å². The molecule has 0 saturated carbocycles. The normalized spacial score (nSPS) is 13.2. The van der Waals surface area contributed by atoms with Gasteiger partial charge in [0.15, 0.2) is 5.76 Å². The molecule has 0 N–H and O–H groups in total. The lowest BCUT2D eigenvalue weighted by atomic mass is 10.1. The molecule has 3 aromatic carbocycles. The third-order valence-electron chi connectivity index (χ3n) is 5.55. The number of esters is 1. The molecular weight excluding hydrogens is 452 g/mol. The Bertz CT molecular complexity index is 1320. The standard InChI is InChI=1S/C27H24O8/c1-15-22(35-27(29)17-11-19(31-3)14-20(12-17)32-4)9-7-21-25(28)24(34-26(15)21)13-16-10-18(30-2)6-8-23(16)33-5/h6-14H,1-5H3/b24-13-. The van der Waals surface area contributed by atoms with Crippen molar-refractivity contribution in [1.29, 1.82) is 0 Å². The predicted molar refractivity (Wildman–Crippen MR) is 128 cm³/mol. The molecule has 0 spiro atoms. The Hall–Kier alpha value is -4.46. The number of ketones is 1. The largest absolute Gasteiger partial charge is 0.497 e. The minimum absolute atomic E-state index is 0.121. The molecule has 4 rings (SSSR count). The highest BCUT2D eigenvalue weighted by Gasteiger charge is 2.31. The molecule has 1 aliphatic heterocycles. The lowest BCUT2D eigenvalue weighted by molar-refractivity contribution is 0.0732. The summed E-state index contributed by atoms with van der Waals surface area (Å²) in [4.78, 5) is 25.8. The van der Waals surface area contributed by atoms with Gasteiger partial charge in [-0.1, -0.05) is 0 Å². The molecule has 8 heteroatoms. The quantitative estimate of drug-likeness (QED) is 0.271. The van der Waals surface area contributed by atoms with Gasteiger partial charge in [0.1, 0.15) is 34.5 Å². The van der Waals surface area contributed by atoms with E-state index in [4.69, 9.17) is 28.4 Å². The van der Waals surface area contributed by atoms with Gasteiger partial charge in [0.25, 0.3) is 0 Å². The molecule has 35 heavy (non-hydrogen) atoms. The van der Waals surface area contributed by atoms with Crippen LogP contribution in [0.2, 0.25) is 0 Å². The number of allylic oxidation sites excluding steroid dienone is 1. The van der Waals surface area contributed by atoms with Crippen molar-refractivity contribution in [3.8, 4) is 34.5 Å². The summed E-state index contributed by atoms with van der Waals surface area (Å²) >= 11 is 0.